The second-order valence-corrected chi connectivity index (χ2v) is 7.45. The zero-order valence-electron chi connectivity index (χ0n) is 12.1. The van der Waals surface area contributed by atoms with Gasteiger partial charge in [0.05, 0.1) is 21.2 Å². The lowest BCUT2D eigenvalue weighted by Crippen LogP contribution is -2.25. The molecule has 1 aliphatic rings. The highest BCUT2D eigenvalue weighted by atomic mass is 35.5. The van der Waals surface area contributed by atoms with E-state index in [0.717, 1.165) is 12.8 Å². The van der Waals surface area contributed by atoms with Gasteiger partial charge in [-0.25, -0.2) is 8.42 Å². The van der Waals surface area contributed by atoms with Gasteiger partial charge in [0.1, 0.15) is 0 Å². The van der Waals surface area contributed by atoms with E-state index in [9.17, 15) is 13.2 Å². The molecular formula is C16H15ClN2O3S. The first-order valence-corrected chi connectivity index (χ1v) is 9.00. The molecule has 0 spiro atoms. The van der Waals surface area contributed by atoms with Gasteiger partial charge in [0.25, 0.3) is 15.9 Å². The zero-order valence-corrected chi connectivity index (χ0v) is 13.7. The molecule has 5 nitrogen and oxygen atoms in total. The summed E-state index contributed by atoms with van der Waals surface area (Å²) < 4.78 is 27.0. The van der Waals surface area contributed by atoms with Crippen molar-refractivity contribution in [1.82, 2.24) is 5.32 Å². The summed E-state index contributed by atoms with van der Waals surface area (Å²) in [7, 11) is -3.68. The number of hydrogen-bond donors (Lipinski definition) is 2. The Morgan fingerprint density at radius 2 is 1.78 bits per heavy atom. The van der Waals surface area contributed by atoms with Crippen LogP contribution in [-0.4, -0.2) is 20.4 Å². The quantitative estimate of drug-likeness (QED) is 0.870. The lowest BCUT2D eigenvalue weighted by Gasteiger charge is -2.10. The number of benzene rings is 2. The normalized spacial score (nSPS) is 14.3. The average molecular weight is 351 g/mol. The molecule has 1 saturated carbocycles. The summed E-state index contributed by atoms with van der Waals surface area (Å²) in [6.07, 6.45) is 1.97. The van der Waals surface area contributed by atoms with Crippen LogP contribution in [0.25, 0.3) is 0 Å². The van der Waals surface area contributed by atoms with Crippen molar-refractivity contribution in [2.45, 2.75) is 23.8 Å². The van der Waals surface area contributed by atoms with Gasteiger partial charge in [-0.2, -0.15) is 0 Å². The van der Waals surface area contributed by atoms with E-state index in [1.165, 1.54) is 30.3 Å². The zero-order chi connectivity index (χ0) is 16.4. The summed E-state index contributed by atoms with van der Waals surface area (Å²) in [5, 5.41) is 3.05. The Kier molecular flexibility index (Phi) is 4.28. The molecule has 1 aliphatic carbocycles. The first-order valence-electron chi connectivity index (χ1n) is 7.14. The number of hydrogen-bond acceptors (Lipinski definition) is 3. The molecule has 0 aromatic heterocycles. The van der Waals surface area contributed by atoms with E-state index in [2.05, 4.69) is 10.0 Å². The Morgan fingerprint density at radius 1 is 1.09 bits per heavy atom. The predicted molar refractivity (Wildman–Crippen MR) is 89.2 cm³/mol. The van der Waals surface area contributed by atoms with Crippen LogP contribution in [-0.2, 0) is 10.0 Å². The van der Waals surface area contributed by atoms with Gasteiger partial charge in [-0.15, -0.1) is 0 Å². The van der Waals surface area contributed by atoms with Gasteiger partial charge in [0.2, 0.25) is 0 Å². The molecule has 0 heterocycles. The third-order valence-corrected chi connectivity index (χ3v) is 5.14. The van der Waals surface area contributed by atoms with Crippen LogP contribution < -0.4 is 10.0 Å². The molecule has 7 heteroatoms. The molecule has 0 atom stereocenters. The largest absolute Gasteiger partial charge is 0.349 e. The van der Waals surface area contributed by atoms with Crippen molar-refractivity contribution >= 4 is 33.2 Å². The van der Waals surface area contributed by atoms with Gasteiger partial charge in [-0.05, 0) is 43.2 Å². The maximum Gasteiger partial charge on any atom is 0.261 e. The van der Waals surface area contributed by atoms with Crippen LogP contribution >= 0.6 is 11.6 Å². The Labute approximate surface area is 139 Å². The van der Waals surface area contributed by atoms with Crippen molar-refractivity contribution in [2.75, 3.05) is 4.72 Å². The summed E-state index contributed by atoms with van der Waals surface area (Å²) in [4.78, 5) is 12.2. The number of halogens is 1. The highest BCUT2D eigenvalue weighted by molar-refractivity contribution is 7.92. The maximum absolute atomic E-state index is 12.3. The number of amides is 1. The van der Waals surface area contributed by atoms with Crippen LogP contribution in [0.5, 0.6) is 0 Å². The second-order valence-electron chi connectivity index (χ2n) is 5.36. The van der Waals surface area contributed by atoms with Crippen molar-refractivity contribution < 1.29 is 13.2 Å². The van der Waals surface area contributed by atoms with Crippen molar-refractivity contribution in [3.05, 3.63) is 59.1 Å². The summed E-state index contributed by atoms with van der Waals surface area (Å²) in [6, 6.07) is 12.7. The Morgan fingerprint density at radius 3 is 2.39 bits per heavy atom. The van der Waals surface area contributed by atoms with Crippen molar-refractivity contribution in [1.29, 1.82) is 0 Å². The third kappa shape index (κ3) is 3.83. The number of carbonyl (C=O) groups is 1. The van der Waals surface area contributed by atoms with Crippen LogP contribution in [0, 0.1) is 0 Å². The molecule has 1 fully saturated rings. The molecular weight excluding hydrogens is 336 g/mol. The van der Waals surface area contributed by atoms with Crippen LogP contribution in [0.15, 0.2) is 53.4 Å². The van der Waals surface area contributed by atoms with E-state index in [0.29, 0.717) is 11.3 Å². The minimum absolute atomic E-state index is 0.159. The van der Waals surface area contributed by atoms with Gasteiger partial charge in [0, 0.05) is 6.04 Å². The molecule has 0 radical (unpaired) electrons. The van der Waals surface area contributed by atoms with Crippen molar-refractivity contribution in [2.24, 2.45) is 0 Å². The summed E-state index contributed by atoms with van der Waals surface area (Å²) in [5.74, 6) is -0.241. The molecule has 0 aliphatic heterocycles. The average Bonchev–Trinajstić information content (AvgIpc) is 3.31. The van der Waals surface area contributed by atoms with E-state index in [1.807, 2.05) is 0 Å². The maximum atomic E-state index is 12.3. The number of nitrogens with one attached hydrogen (secondary N) is 2. The predicted octanol–water partition coefficient (Wildman–Crippen LogP) is 3.03. The highest BCUT2D eigenvalue weighted by Gasteiger charge is 2.25. The smallest absolute Gasteiger partial charge is 0.261 e. The van der Waals surface area contributed by atoms with Crippen LogP contribution in [0.3, 0.4) is 0 Å². The minimum atomic E-state index is -3.68. The molecule has 120 valence electrons. The fourth-order valence-electron chi connectivity index (χ4n) is 2.07. The molecule has 2 aromatic rings. The monoisotopic (exact) mass is 350 g/mol. The number of rotatable bonds is 5. The Bertz CT molecular complexity index is 834. The molecule has 0 unspecified atom stereocenters. The fraction of sp³-hybridized carbons (Fsp3) is 0.188. The lowest BCUT2D eigenvalue weighted by molar-refractivity contribution is 0.0951. The lowest BCUT2D eigenvalue weighted by atomic mass is 10.2. The summed E-state index contributed by atoms with van der Waals surface area (Å²) in [6.45, 7) is 0. The van der Waals surface area contributed by atoms with Gasteiger partial charge in [-0.1, -0.05) is 29.8 Å². The Hall–Kier alpha value is -2.05. The van der Waals surface area contributed by atoms with Gasteiger partial charge < -0.3 is 5.32 Å². The molecule has 23 heavy (non-hydrogen) atoms. The topological polar surface area (TPSA) is 75.3 Å². The Balaban J connectivity index is 1.79. The summed E-state index contributed by atoms with van der Waals surface area (Å²) in [5.41, 5.74) is 0.642. The van der Waals surface area contributed by atoms with Crippen molar-refractivity contribution in [3.8, 4) is 0 Å². The SMILES string of the molecule is O=C(NC1CC1)c1ccc(NS(=O)(=O)c2ccccc2)cc1Cl. The molecule has 2 N–H and O–H groups in total. The second kappa shape index (κ2) is 6.22. The fourth-order valence-corrected chi connectivity index (χ4v) is 3.40. The molecule has 3 rings (SSSR count). The van der Waals surface area contributed by atoms with Crippen LogP contribution in [0.2, 0.25) is 5.02 Å². The van der Waals surface area contributed by atoms with E-state index in [1.54, 1.807) is 18.2 Å². The van der Waals surface area contributed by atoms with E-state index in [4.69, 9.17) is 11.6 Å². The van der Waals surface area contributed by atoms with Crippen LogP contribution in [0.1, 0.15) is 23.2 Å². The first-order chi connectivity index (χ1) is 11.0. The minimum Gasteiger partial charge on any atom is -0.349 e. The van der Waals surface area contributed by atoms with Crippen molar-refractivity contribution in [3.63, 3.8) is 0 Å². The summed E-state index contributed by atoms with van der Waals surface area (Å²) >= 11 is 6.11. The van der Waals surface area contributed by atoms with Gasteiger partial charge >= 0.3 is 0 Å². The molecule has 1 amide bonds. The molecule has 2 aromatic carbocycles. The third-order valence-electron chi connectivity index (χ3n) is 3.43. The first kappa shape index (κ1) is 15.8. The van der Waals surface area contributed by atoms with Gasteiger partial charge in [0.15, 0.2) is 0 Å². The molecule has 0 bridgehead atoms. The van der Waals surface area contributed by atoms with E-state index < -0.39 is 10.0 Å². The van der Waals surface area contributed by atoms with E-state index in [-0.39, 0.29) is 21.9 Å². The highest BCUT2D eigenvalue weighted by Crippen LogP contribution is 2.25. The van der Waals surface area contributed by atoms with Crippen LogP contribution in [0.4, 0.5) is 5.69 Å². The standard InChI is InChI=1S/C16H15ClN2O3S/c17-15-10-12(8-9-14(15)16(20)18-11-6-7-11)19-23(21,22)13-4-2-1-3-5-13/h1-5,8-11,19H,6-7H2,(H,18,20). The number of anilines is 1. The number of sulfonamides is 1. The van der Waals surface area contributed by atoms with E-state index >= 15 is 0 Å². The number of carbonyl (C=O) groups excluding carboxylic acids is 1. The molecule has 0 saturated heterocycles. The van der Waals surface area contributed by atoms with Gasteiger partial charge in [-0.3, -0.25) is 9.52 Å².